The Morgan fingerprint density at radius 2 is 0.941 bits per heavy atom. The average Bonchev–Trinajstić information content (AvgIpc) is 2.87. The maximum absolute atomic E-state index is 2.75. The Labute approximate surface area is 211 Å². The third-order valence-corrected chi connectivity index (χ3v) is 6.88. The molecule has 0 aliphatic rings. The molecule has 2 aromatic rings. The highest BCUT2D eigenvalue weighted by Crippen LogP contribution is 2.40. The molecular weight excluding hydrogens is 412 g/mol. The van der Waals surface area contributed by atoms with Crippen LogP contribution in [0.3, 0.4) is 0 Å². The zero-order valence-electron chi connectivity index (χ0n) is 22.8. The average molecular weight is 465 g/mol. The van der Waals surface area contributed by atoms with Crippen molar-refractivity contribution < 1.29 is 0 Å². The van der Waals surface area contributed by atoms with Gasteiger partial charge in [0.15, 0.2) is 0 Å². The van der Waals surface area contributed by atoms with Crippen molar-refractivity contribution in [2.75, 3.05) is 36.0 Å². The van der Waals surface area contributed by atoms with Crippen LogP contribution >= 0.6 is 0 Å². The molecule has 190 valence electrons. The molecule has 2 aromatic carbocycles. The summed E-state index contributed by atoms with van der Waals surface area (Å²) in [6, 6.07) is 18.1. The van der Waals surface area contributed by atoms with E-state index >= 15 is 0 Å². The van der Waals surface area contributed by atoms with Crippen LogP contribution in [-0.2, 0) is 0 Å². The van der Waals surface area contributed by atoms with Gasteiger partial charge in [-0.1, -0.05) is 122 Å². The summed E-state index contributed by atoms with van der Waals surface area (Å²) in [5.74, 6) is 0. The van der Waals surface area contributed by atoms with Gasteiger partial charge in [-0.2, -0.15) is 0 Å². The minimum Gasteiger partial charge on any atom is -0.370 e. The van der Waals surface area contributed by atoms with E-state index in [1.165, 1.54) is 113 Å². The van der Waals surface area contributed by atoms with Gasteiger partial charge >= 0.3 is 0 Å². The van der Waals surface area contributed by atoms with E-state index < -0.39 is 0 Å². The molecule has 0 fully saturated rings. The van der Waals surface area contributed by atoms with Gasteiger partial charge in [-0.15, -0.1) is 0 Å². The largest absolute Gasteiger partial charge is 0.370 e. The molecule has 2 rings (SSSR count). The van der Waals surface area contributed by atoms with Gasteiger partial charge in [0.25, 0.3) is 0 Å². The number of anilines is 2. The minimum atomic E-state index is 1.16. The number of hydrogen-bond acceptors (Lipinski definition) is 2. The molecule has 0 radical (unpaired) electrons. The van der Waals surface area contributed by atoms with Crippen molar-refractivity contribution in [1.29, 1.82) is 0 Å². The topological polar surface area (TPSA) is 6.48 Å². The number of rotatable bonds is 19. The number of benzene rings is 2. The first-order valence-electron chi connectivity index (χ1n) is 14.4. The Balaban J connectivity index is 2.52. The molecule has 34 heavy (non-hydrogen) atoms. The van der Waals surface area contributed by atoms with Gasteiger partial charge in [0, 0.05) is 31.7 Å². The molecule has 0 aliphatic carbocycles. The van der Waals surface area contributed by atoms with E-state index in [4.69, 9.17) is 0 Å². The number of nitrogens with zero attached hydrogens (tertiary/aromatic N) is 2. The molecule has 0 unspecified atom stereocenters. The predicted molar refractivity (Wildman–Crippen MR) is 154 cm³/mol. The SMILES string of the molecule is CCCCCN(CCCCC)c1cccc(-c2ccccc2)c1N(CCCCC)CCCCC. The van der Waals surface area contributed by atoms with Crippen LogP contribution in [0.15, 0.2) is 48.5 Å². The van der Waals surface area contributed by atoms with Crippen LogP contribution in [0.1, 0.15) is 105 Å². The van der Waals surface area contributed by atoms with E-state index in [-0.39, 0.29) is 0 Å². The molecule has 0 N–H and O–H groups in total. The maximum atomic E-state index is 2.75. The molecule has 0 spiro atoms. The Kier molecular flexibility index (Phi) is 14.5. The van der Waals surface area contributed by atoms with Gasteiger partial charge in [0.05, 0.1) is 11.4 Å². The second kappa shape index (κ2) is 17.5. The summed E-state index contributed by atoms with van der Waals surface area (Å²) < 4.78 is 0. The lowest BCUT2D eigenvalue weighted by Gasteiger charge is -2.35. The Bertz CT molecular complexity index is 735. The smallest absolute Gasteiger partial charge is 0.0683 e. The van der Waals surface area contributed by atoms with Crippen molar-refractivity contribution in [3.8, 4) is 11.1 Å². The summed E-state index contributed by atoms with van der Waals surface area (Å²) in [6.07, 6.45) is 15.5. The summed E-state index contributed by atoms with van der Waals surface area (Å²) in [5, 5.41) is 0. The number of para-hydroxylation sites is 1. The molecule has 2 nitrogen and oxygen atoms in total. The molecule has 2 heteroatoms. The van der Waals surface area contributed by atoms with Crippen LogP contribution in [0.5, 0.6) is 0 Å². The Morgan fingerprint density at radius 3 is 1.41 bits per heavy atom. The molecule has 0 aromatic heterocycles. The summed E-state index contributed by atoms with van der Waals surface area (Å²) in [4.78, 5) is 5.47. The van der Waals surface area contributed by atoms with Gasteiger partial charge in [-0.25, -0.2) is 0 Å². The third-order valence-electron chi connectivity index (χ3n) is 6.88. The normalized spacial score (nSPS) is 11.1. The van der Waals surface area contributed by atoms with Crippen molar-refractivity contribution in [2.24, 2.45) is 0 Å². The molecule has 0 amide bonds. The van der Waals surface area contributed by atoms with Gasteiger partial charge in [0.2, 0.25) is 0 Å². The minimum absolute atomic E-state index is 1.16. The summed E-state index contributed by atoms with van der Waals surface area (Å²) >= 11 is 0. The van der Waals surface area contributed by atoms with E-state index in [1.54, 1.807) is 0 Å². The molecule has 0 atom stereocenters. The first kappa shape index (κ1) is 28.3. The summed E-state index contributed by atoms with van der Waals surface area (Å²) in [5.41, 5.74) is 5.69. The van der Waals surface area contributed by atoms with E-state index in [2.05, 4.69) is 86.0 Å². The number of hydrogen-bond donors (Lipinski definition) is 0. The molecule has 0 saturated carbocycles. The lowest BCUT2D eigenvalue weighted by molar-refractivity contribution is 0.625. The van der Waals surface area contributed by atoms with Crippen molar-refractivity contribution >= 4 is 11.4 Å². The second-order valence-electron chi connectivity index (χ2n) is 9.84. The molecule has 0 aliphatic heterocycles. The van der Waals surface area contributed by atoms with E-state index in [0.29, 0.717) is 0 Å². The standard InChI is InChI=1S/C32H52N2/c1-5-9-16-25-33(26-17-10-6-2)31-24-20-23-30(29-21-14-13-15-22-29)32(31)34(27-18-11-7-3)28-19-12-8-4/h13-15,20-24H,5-12,16-19,25-28H2,1-4H3. The highest BCUT2D eigenvalue weighted by Gasteiger charge is 2.20. The molecular formula is C32H52N2. The lowest BCUT2D eigenvalue weighted by atomic mass is 9.99. The maximum Gasteiger partial charge on any atom is 0.0683 e. The van der Waals surface area contributed by atoms with Crippen LogP contribution in [-0.4, -0.2) is 26.2 Å². The van der Waals surface area contributed by atoms with Crippen LogP contribution in [0.25, 0.3) is 11.1 Å². The van der Waals surface area contributed by atoms with Crippen LogP contribution in [0.2, 0.25) is 0 Å². The zero-order chi connectivity index (χ0) is 24.4. The first-order chi connectivity index (χ1) is 16.8. The fourth-order valence-electron chi connectivity index (χ4n) is 4.87. The molecule has 0 bridgehead atoms. The van der Waals surface area contributed by atoms with Crippen molar-refractivity contribution in [3.05, 3.63) is 48.5 Å². The van der Waals surface area contributed by atoms with E-state index in [1.807, 2.05) is 0 Å². The fourth-order valence-corrected chi connectivity index (χ4v) is 4.87. The van der Waals surface area contributed by atoms with Crippen molar-refractivity contribution in [3.63, 3.8) is 0 Å². The first-order valence-corrected chi connectivity index (χ1v) is 14.4. The second-order valence-corrected chi connectivity index (χ2v) is 9.84. The van der Waals surface area contributed by atoms with Gasteiger partial charge in [-0.3, -0.25) is 0 Å². The van der Waals surface area contributed by atoms with Gasteiger partial charge in [-0.05, 0) is 37.3 Å². The van der Waals surface area contributed by atoms with Crippen LogP contribution < -0.4 is 9.80 Å². The van der Waals surface area contributed by atoms with Crippen LogP contribution in [0, 0.1) is 0 Å². The predicted octanol–water partition coefficient (Wildman–Crippen LogP) is 9.73. The van der Waals surface area contributed by atoms with Crippen molar-refractivity contribution in [1.82, 2.24) is 0 Å². The summed E-state index contributed by atoms with van der Waals surface area (Å²) in [7, 11) is 0. The fraction of sp³-hybridized carbons (Fsp3) is 0.625. The number of unbranched alkanes of at least 4 members (excludes halogenated alkanes) is 8. The Hall–Kier alpha value is -1.96. The molecule has 0 heterocycles. The monoisotopic (exact) mass is 464 g/mol. The van der Waals surface area contributed by atoms with Crippen molar-refractivity contribution in [2.45, 2.75) is 105 Å². The van der Waals surface area contributed by atoms with Gasteiger partial charge < -0.3 is 9.80 Å². The zero-order valence-corrected chi connectivity index (χ0v) is 22.8. The Morgan fingerprint density at radius 1 is 0.471 bits per heavy atom. The lowest BCUT2D eigenvalue weighted by Crippen LogP contribution is -2.32. The molecule has 0 saturated heterocycles. The highest BCUT2D eigenvalue weighted by molar-refractivity contribution is 5.88. The third kappa shape index (κ3) is 9.35. The summed E-state index contributed by atoms with van der Waals surface area (Å²) in [6.45, 7) is 13.9. The van der Waals surface area contributed by atoms with E-state index in [0.717, 1.165) is 13.1 Å². The van der Waals surface area contributed by atoms with Gasteiger partial charge in [0.1, 0.15) is 0 Å². The van der Waals surface area contributed by atoms with E-state index in [9.17, 15) is 0 Å². The highest BCUT2D eigenvalue weighted by atomic mass is 15.2. The van der Waals surface area contributed by atoms with Crippen LogP contribution in [0.4, 0.5) is 11.4 Å². The quantitative estimate of drug-likeness (QED) is 0.191.